The van der Waals surface area contributed by atoms with Gasteiger partial charge in [0, 0.05) is 19.1 Å². The average molecular weight is 481 g/mol. The van der Waals surface area contributed by atoms with Gasteiger partial charge in [0.2, 0.25) is 0 Å². The number of nitrogens with zero attached hydrogens (tertiary/aromatic N) is 2. The molecule has 0 rings (SSSR count). The highest BCUT2D eigenvalue weighted by Gasteiger charge is 2.23. The number of hydrogen-bond acceptors (Lipinski definition) is 3. The van der Waals surface area contributed by atoms with Crippen LogP contribution in [0.25, 0.3) is 0 Å². The molecule has 0 aromatic carbocycles. The molecule has 0 bridgehead atoms. The van der Waals surface area contributed by atoms with Crippen molar-refractivity contribution in [2.24, 2.45) is 22.1 Å². The summed E-state index contributed by atoms with van der Waals surface area (Å²) in [5.41, 5.74) is 7.86. The third-order valence-corrected chi connectivity index (χ3v) is 6.43. The minimum Gasteiger partial charge on any atom is -0.387 e. The smallest absolute Gasteiger partial charge is 0.146 e. The lowest BCUT2D eigenvalue weighted by atomic mass is 9.77. The van der Waals surface area contributed by atoms with Crippen LogP contribution in [-0.2, 0) is 0 Å². The third-order valence-electron chi connectivity index (χ3n) is 6.43. The van der Waals surface area contributed by atoms with E-state index >= 15 is 4.39 Å². The van der Waals surface area contributed by atoms with Gasteiger partial charge in [0.1, 0.15) is 17.4 Å². The van der Waals surface area contributed by atoms with Gasteiger partial charge in [0.25, 0.3) is 0 Å². The van der Waals surface area contributed by atoms with Crippen molar-refractivity contribution in [3.8, 4) is 0 Å². The van der Waals surface area contributed by atoms with Gasteiger partial charge >= 0.3 is 0 Å². The lowest BCUT2D eigenvalue weighted by molar-refractivity contribution is 0.218. The van der Waals surface area contributed by atoms with Gasteiger partial charge in [-0.05, 0) is 70.6 Å². The zero-order valence-corrected chi connectivity index (χ0v) is 23.4. The first-order valence-corrected chi connectivity index (χ1v) is 12.7. The molecule has 0 aliphatic heterocycles. The summed E-state index contributed by atoms with van der Waals surface area (Å²) in [5, 5.41) is 3.01. The van der Waals surface area contributed by atoms with E-state index in [2.05, 4.69) is 56.8 Å². The van der Waals surface area contributed by atoms with Gasteiger partial charge in [-0.15, -0.1) is 0 Å². The van der Waals surface area contributed by atoms with E-state index < -0.39 is 11.7 Å². The van der Waals surface area contributed by atoms with Crippen molar-refractivity contribution in [3.63, 3.8) is 0 Å². The highest BCUT2D eigenvalue weighted by atomic mass is 19.1. The van der Waals surface area contributed by atoms with Crippen LogP contribution >= 0.6 is 0 Å². The summed E-state index contributed by atoms with van der Waals surface area (Å²) in [7, 11) is 0. The summed E-state index contributed by atoms with van der Waals surface area (Å²) < 4.78 is 29.2. The number of nitrogens with two attached hydrogens (primary N) is 1. The van der Waals surface area contributed by atoms with Gasteiger partial charge in [0.15, 0.2) is 0 Å². The van der Waals surface area contributed by atoms with Gasteiger partial charge < -0.3 is 11.1 Å². The Hall–Kier alpha value is -1.95. The molecule has 0 radical (unpaired) electrons. The summed E-state index contributed by atoms with van der Waals surface area (Å²) in [5.74, 6) is -0.0890. The Morgan fingerprint density at radius 3 is 2.18 bits per heavy atom. The fourth-order valence-electron chi connectivity index (χ4n) is 4.18. The Bertz CT molecular complexity index is 762. The van der Waals surface area contributed by atoms with Crippen LogP contribution in [0.1, 0.15) is 88.5 Å². The maximum Gasteiger partial charge on any atom is 0.146 e. The van der Waals surface area contributed by atoms with E-state index in [1.165, 1.54) is 18.6 Å². The van der Waals surface area contributed by atoms with Crippen molar-refractivity contribution < 1.29 is 8.78 Å². The van der Waals surface area contributed by atoms with Gasteiger partial charge in [-0.25, -0.2) is 13.8 Å². The second-order valence-corrected chi connectivity index (χ2v) is 9.95. The van der Waals surface area contributed by atoms with E-state index in [9.17, 15) is 4.39 Å². The maximum absolute atomic E-state index is 15.0. The molecule has 0 amide bonds. The molecule has 0 heterocycles. The van der Waals surface area contributed by atoms with Gasteiger partial charge in [-0.1, -0.05) is 59.6 Å². The molecule has 196 valence electrons. The first-order valence-electron chi connectivity index (χ1n) is 12.7. The van der Waals surface area contributed by atoms with Crippen molar-refractivity contribution >= 4 is 5.84 Å². The van der Waals surface area contributed by atoms with E-state index in [4.69, 9.17) is 5.73 Å². The highest BCUT2D eigenvalue weighted by Crippen LogP contribution is 2.31. The normalized spacial score (nSPS) is 17.1. The van der Waals surface area contributed by atoms with Crippen LogP contribution in [0.2, 0.25) is 0 Å². The summed E-state index contributed by atoms with van der Waals surface area (Å²) in [6.45, 7) is 21.7. The number of amidine groups is 1. The van der Waals surface area contributed by atoms with Crippen molar-refractivity contribution in [3.05, 3.63) is 46.8 Å². The van der Waals surface area contributed by atoms with Crippen molar-refractivity contribution in [1.29, 1.82) is 0 Å². The van der Waals surface area contributed by atoms with Crippen LogP contribution in [0, 0.1) is 11.3 Å². The Balaban J connectivity index is 5.47. The number of aliphatic imine (C=N–C) groups is 1. The molecule has 1 unspecified atom stereocenters. The number of allylic oxidation sites excluding steroid dienone is 4. The Kier molecular flexibility index (Phi) is 14.9. The molecule has 34 heavy (non-hydrogen) atoms. The molecule has 0 aliphatic carbocycles. The predicted octanol–water partition coefficient (Wildman–Crippen LogP) is 7.42. The van der Waals surface area contributed by atoms with E-state index in [1.807, 2.05) is 26.0 Å². The van der Waals surface area contributed by atoms with Crippen molar-refractivity contribution in [2.75, 3.05) is 19.6 Å². The molecule has 0 aliphatic rings. The van der Waals surface area contributed by atoms with Gasteiger partial charge in [0.05, 0.1) is 11.5 Å². The summed E-state index contributed by atoms with van der Waals surface area (Å²) in [6.07, 6.45) is 8.18. The molecule has 0 spiro atoms. The van der Waals surface area contributed by atoms with Crippen LogP contribution in [-0.4, -0.2) is 36.4 Å². The second-order valence-electron chi connectivity index (χ2n) is 9.95. The van der Waals surface area contributed by atoms with Crippen LogP contribution < -0.4 is 11.1 Å². The second kappa shape index (κ2) is 15.9. The van der Waals surface area contributed by atoms with Crippen LogP contribution in [0.5, 0.6) is 0 Å². The maximum atomic E-state index is 15.0. The lowest BCUT2D eigenvalue weighted by Crippen LogP contribution is -2.34. The zero-order chi connectivity index (χ0) is 26.5. The number of hydrogen-bond donors (Lipinski definition) is 2. The molecule has 0 aromatic heterocycles. The fourth-order valence-corrected chi connectivity index (χ4v) is 4.18. The molecule has 0 fully saturated rings. The monoisotopic (exact) mass is 480 g/mol. The predicted molar refractivity (Wildman–Crippen MR) is 145 cm³/mol. The largest absolute Gasteiger partial charge is 0.387 e. The minimum absolute atomic E-state index is 0.0392. The number of rotatable bonds is 14. The molecule has 0 saturated carbocycles. The summed E-state index contributed by atoms with van der Waals surface area (Å²) in [4.78, 5) is 6.51. The fraction of sp³-hybridized carbons (Fsp3) is 0.679. The molecule has 0 saturated heterocycles. The number of halogens is 2. The van der Waals surface area contributed by atoms with Crippen LogP contribution in [0.4, 0.5) is 8.78 Å². The van der Waals surface area contributed by atoms with Gasteiger partial charge in [-0.3, -0.25) is 4.90 Å². The number of likely N-dealkylation sites (N-methyl/N-ethyl adjacent to an activating group) is 1. The first-order chi connectivity index (χ1) is 15.8. The van der Waals surface area contributed by atoms with Gasteiger partial charge in [-0.2, -0.15) is 0 Å². The Morgan fingerprint density at radius 2 is 1.76 bits per heavy atom. The van der Waals surface area contributed by atoms with E-state index in [1.54, 1.807) is 6.92 Å². The topological polar surface area (TPSA) is 53.6 Å². The Morgan fingerprint density at radius 1 is 1.15 bits per heavy atom. The van der Waals surface area contributed by atoms with Crippen molar-refractivity contribution in [1.82, 2.24) is 10.2 Å². The quantitative estimate of drug-likeness (QED) is 0.154. The zero-order valence-electron chi connectivity index (χ0n) is 23.4. The highest BCUT2D eigenvalue weighted by molar-refractivity contribution is 5.78. The average Bonchev–Trinajstić information content (AvgIpc) is 2.75. The summed E-state index contributed by atoms with van der Waals surface area (Å²) in [6, 6.07) is 0.0752. The molecular weight excluding hydrogens is 430 g/mol. The molecule has 3 N–H and O–H groups in total. The van der Waals surface area contributed by atoms with Crippen molar-refractivity contribution in [2.45, 2.75) is 94.5 Å². The van der Waals surface area contributed by atoms with Crippen LogP contribution in [0.15, 0.2) is 51.8 Å². The molecule has 0 aromatic rings. The molecular formula is C28H50F2N4. The van der Waals surface area contributed by atoms with Crippen LogP contribution in [0.3, 0.4) is 0 Å². The van der Waals surface area contributed by atoms with E-state index in [0.29, 0.717) is 24.8 Å². The SMILES string of the molecule is C/C=C(\C=C(/CC)[C@@H](C)N(CC)C/C=C(F)\C(NCCC(CC)C(C)(C)C)=C(/C)F)N=C(C)N. The van der Waals surface area contributed by atoms with E-state index in [0.717, 1.165) is 31.5 Å². The van der Waals surface area contributed by atoms with E-state index in [-0.39, 0.29) is 17.2 Å². The third kappa shape index (κ3) is 11.5. The lowest BCUT2D eigenvalue weighted by Gasteiger charge is -2.30. The first kappa shape index (κ1) is 32.0. The Labute approximate surface area is 208 Å². The minimum atomic E-state index is -0.547. The standard InChI is InChI=1S/C28H50F2N4/c1-11-23(19-25(13-3)33-22(7)31)21(6)34(14-4)18-16-26(30)27(20(5)29)32-17-15-24(12-2)28(8,9)10/h13,16,19,21,24,32H,11-12,14-15,17-18H2,1-10H3,(H2,31,33)/b23-19+,25-13+,26-16+,27-20-/t21-,24?/m1/s1. The molecule has 2 atom stereocenters. The number of nitrogens with one attached hydrogen (secondary N) is 1. The molecule has 6 heteroatoms. The summed E-state index contributed by atoms with van der Waals surface area (Å²) >= 11 is 0. The molecule has 4 nitrogen and oxygen atoms in total.